The van der Waals surface area contributed by atoms with E-state index in [2.05, 4.69) is 28.9 Å². The number of hydrogen-bond acceptors (Lipinski definition) is 7. The minimum Gasteiger partial charge on any atom is -0.494 e. The molecule has 1 aromatic carbocycles. The lowest BCUT2D eigenvalue weighted by Gasteiger charge is -2.42. The molecule has 3 heterocycles. The van der Waals surface area contributed by atoms with E-state index in [1.165, 1.54) is 5.56 Å². The van der Waals surface area contributed by atoms with Crippen LogP contribution in [-0.4, -0.2) is 72.4 Å². The molecule has 2 aliphatic heterocycles. The van der Waals surface area contributed by atoms with Crippen molar-refractivity contribution in [2.24, 2.45) is 5.92 Å². The highest BCUT2D eigenvalue weighted by atomic mass is 16.8. The number of hydrogen-bond donors (Lipinski definition) is 0. The first-order chi connectivity index (χ1) is 17.8. The second-order valence-electron chi connectivity index (χ2n) is 10.3. The van der Waals surface area contributed by atoms with E-state index in [9.17, 15) is 9.59 Å². The van der Waals surface area contributed by atoms with E-state index in [-0.39, 0.29) is 11.9 Å². The van der Waals surface area contributed by atoms with Crippen LogP contribution in [0.1, 0.15) is 46.1 Å². The summed E-state index contributed by atoms with van der Waals surface area (Å²) in [5.74, 6) is 0.420. The van der Waals surface area contributed by atoms with Crippen molar-refractivity contribution in [1.82, 2.24) is 9.88 Å². The van der Waals surface area contributed by atoms with Crippen LogP contribution in [0, 0.1) is 5.92 Å². The summed E-state index contributed by atoms with van der Waals surface area (Å²) in [6.45, 7) is 10.2. The van der Waals surface area contributed by atoms with Crippen molar-refractivity contribution < 1.29 is 23.8 Å². The number of aldehydes is 1. The van der Waals surface area contributed by atoms with Crippen molar-refractivity contribution in [2.75, 3.05) is 31.1 Å². The quantitative estimate of drug-likeness (QED) is 0.450. The van der Waals surface area contributed by atoms with E-state index in [1.807, 2.05) is 42.2 Å². The topological polar surface area (TPSA) is 81.2 Å². The normalized spacial score (nSPS) is 24.1. The van der Waals surface area contributed by atoms with Gasteiger partial charge in [-0.1, -0.05) is 18.2 Å². The van der Waals surface area contributed by atoms with Crippen molar-refractivity contribution in [1.29, 1.82) is 0 Å². The van der Waals surface area contributed by atoms with Crippen molar-refractivity contribution in [3.63, 3.8) is 0 Å². The molecular formula is C29H39N3O5. The van der Waals surface area contributed by atoms with Gasteiger partial charge in [0, 0.05) is 31.9 Å². The maximum Gasteiger partial charge on any atom is 0.228 e. The molecule has 0 bridgehead atoms. The van der Waals surface area contributed by atoms with Crippen LogP contribution < -0.4 is 9.64 Å². The zero-order valence-electron chi connectivity index (χ0n) is 22.3. The SMILES string of the molecule is CCOc1ccc(CCC[C@@H](C(=O)N2CCN(c3ccccn3)C[C@H]2C)[C@@H]2OC(C)(C)OC2C=O)cc1. The zero-order chi connectivity index (χ0) is 26.4. The Morgan fingerprint density at radius 3 is 2.62 bits per heavy atom. The lowest BCUT2D eigenvalue weighted by Crippen LogP contribution is -2.57. The summed E-state index contributed by atoms with van der Waals surface area (Å²) in [4.78, 5) is 34.5. The number of benzene rings is 1. The van der Waals surface area contributed by atoms with Gasteiger partial charge in [-0.15, -0.1) is 0 Å². The van der Waals surface area contributed by atoms with Crippen LogP contribution in [0.3, 0.4) is 0 Å². The van der Waals surface area contributed by atoms with Gasteiger partial charge in [-0.25, -0.2) is 4.98 Å². The molecule has 0 spiro atoms. The molecule has 2 fully saturated rings. The molecule has 0 saturated carbocycles. The summed E-state index contributed by atoms with van der Waals surface area (Å²) < 4.78 is 17.5. The Hall–Kier alpha value is -2.97. The predicted molar refractivity (Wildman–Crippen MR) is 142 cm³/mol. The molecule has 37 heavy (non-hydrogen) atoms. The standard InChI is InChI=1S/C29H39N3O5/c1-5-35-23-14-12-22(13-15-23)9-8-10-24(27-25(20-33)36-29(3,4)37-27)28(34)32-18-17-31(19-21(32)2)26-11-6-7-16-30-26/h6-7,11-16,20-21,24-25,27H,5,8-10,17-19H2,1-4H3/t21-,24-,25?,27+/m1/s1. The van der Waals surface area contributed by atoms with E-state index >= 15 is 0 Å². The monoisotopic (exact) mass is 509 g/mol. The van der Waals surface area contributed by atoms with Crippen molar-refractivity contribution in [3.05, 3.63) is 54.2 Å². The Morgan fingerprint density at radius 1 is 1.19 bits per heavy atom. The van der Waals surface area contributed by atoms with Gasteiger partial charge in [-0.05, 0) is 76.8 Å². The predicted octanol–water partition coefficient (Wildman–Crippen LogP) is 3.88. The molecule has 2 saturated heterocycles. The van der Waals surface area contributed by atoms with Crippen LogP contribution in [-0.2, 0) is 25.5 Å². The fourth-order valence-electron chi connectivity index (χ4n) is 5.35. The number of carbonyl (C=O) groups excluding carboxylic acids is 2. The molecule has 8 nitrogen and oxygen atoms in total. The van der Waals surface area contributed by atoms with Crippen LogP contribution in [0.2, 0.25) is 0 Å². The number of pyridine rings is 1. The third-order valence-corrected chi connectivity index (χ3v) is 7.11. The Balaban J connectivity index is 1.46. The first-order valence-corrected chi connectivity index (χ1v) is 13.3. The average Bonchev–Trinajstić information content (AvgIpc) is 3.22. The Morgan fingerprint density at radius 2 is 1.97 bits per heavy atom. The van der Waals surface area contributed by atoms with E-state index in [0.717, 1.165) is 30.7 Å². The number of rotatable bonds is 10. The molecule has 1 unspecified atom stereocenters. The Kier molecular flexibility index (Phi) is 8.82. The van der Waals surface area contributed by atoms with Crippen molar-refractivity contribution in [3.8, 4) is 5.75 Å². The fraction of sp³-hybridized carbons (Fsp3) is 0.552. The summed E-state index contributed by atoms with van der Waals surface area (Å²) in [6, 6.07) is 14.0. The summed E-state index contributed by atoms with van der Waals surface area (Å²) in [5.41, 5.74) is 1.18. The summed E-state index contributed by atoms with van der Waals surface area (Å²) in [6.07, 6.45) is 3.40. The van der Waals surface area contributed by atoms with Crippen molar-refractivity contribution in [2.45, 2.75) is 71.0 Å². The van der Waals surface area contributed by atoms with Gasteiger partial charge in [0.15, 0.2) is 12.1 Å². The highest BCUT2D eigenvalue weighted by Gasteiger charge is 2.48. The average molecular weight is 510 g/mol. The lowest BCUT2D eigenvalue weighted by molar-refractivity contribution is -0.160. The third kappa shape index (κ3) is 6.67. The highest BCUT2D eigenvalue weighted by molar-refractivity contribution is 5.81. The van der Waals surface area contributed by atoms with Gasteiger partial charge in [0.25, 0.3) is 0 Å². The van der Waals surface area contributed by atoms with Crippen LogP contribution in [0.5, 0.6) is 5.75 Å². The van der Waals surface area contributed by atoms with E-state index in [4.69, 9.17) is 14.2 Å². The minimum absolute atomic E-state index is 0.00174. The second kappa shape index (κ2) is 12.0. The smallest absolute Gasteiger partial charge is 0.228 e. The van der Waals surface area contributed by atoms with Gasteiger partial charge in [0.2, 0.25) is 5.91 Å². The third-order valence-electron chi connectivity index (χ3n) is 7.11. The number of carbonyl (C=O) groups is 2. The van der Waals surface area contributed by atoms with E-state index in [1.54, 1.807) is 20.0 Å². The molecule has 2 aliphatic rings. The molecule has 2 aromatic rings. The lowest BCUT2D eigenvalue weighted by atomic mass is 9.89. The molecular weight excluding hydrogens is 470 g/mol. The number of aryl methyl sites for hydroxylation is 1. The second-order valence-corrected chi connectivity index (χ2v) is 10.3. The van der Waals surface area contributed by atoms with Gasteiger partial charge < -0.3 is 28.8 Å². The molecule has 8 heteroatoms. The number of aromatic nitrogens is 1. The number of anilines is 1. The summed E-state index contributed by atoms with van der Waals surface area (Å²) in [5, 5.41) is 0. The largest absolute Gasteiger partial charge is 0.494 e. The Bertz CT molecular complexity index is 1030. The first kappa shape index (κ1) is 27.1. The summed E-state index contributed by atoms with van der Waals surface area (Å²) >= 11 is 0. The molecule has 0 aliphatic carbocycles. The number of ether oxygens (including phenoxy) is 3. The zero-order valence-corrected chi connectivity index (χ0v) is 22.3. The van der Waals surface area contributed by atoms with Crippen molar-refractivity contribution >= 4 is 18.0 Å². The number of nitrogens with zero attached hydrogens (tertiary/aromatic N) is 3. The van der Waals surface area contributed by atoms with Gasteiger partial charge in [-0.3, -0.25) is 4.79 Å². The molecule has 1 aromatic heterocycles. The maximum absolute atomic E-state index is 14.0. The minimum atomic E-state index is -0.910. The summed E-state index contributed by atoms with van der Waals surface area (Å²) in [7, 11) is 0. The highest BCUT2D eigenvalue weighted by Crippen LogP contribution is 2.35. The van der Waals surface area contributed by atoms with Crippen LogP contribution in [0.4, 0.5) is 5.82 Å². The maximum atomic E-state index is 14.0. The van der Waals surface area contributed by atoms with Crippen LogP contribution in [0.25, 0.3) is 0 Å². The first-order valence-electron chi connectivity index (χ1n) is 13.3. The van der Waals surface area contributed by atoms with E-state index < -0.39 is 23.9 Å². The van der Waals surface area contributed by atoms with E-state index in [0.29, 0.717) is 32.7 Å². The fourth-order valence-corrected chi connectivity index (χ4v) is 5.35. The van der Waals surface area contributed by atoms with Crippen LogP contribution in [0.15, 0.2) is 48.7 Å². The molecule has 200 valence electrons. The molecule has 0 N–H and O–H groups in total. The molecule has 1 amide bonds. The van der Waals surface area contributed by atoms with Gasteiger partial charge >= 0.3 is 0 Å². The number of piperazine rings is 1. The van der Waals surface area contributed by atoms with Gasteiger partial charge in [-0.2, -0.15) is 0 Å². The molecule has 0 radical (unpaired) electrons. The molecule has 4 rings (SSSR count). The van der Waals surface area contributed by atoms with Gasteiger partial charge in [0.1, 0.15) is 23.8 Å². The van der Waals surface area contributed by atoms with Gasteiger partial charge in [0.05, 0.1) is 12.5 Å². The molecule has 4 atom stereocenters. The van der Waals surface area contributed by atoms with Crippen LogP contribution >= 0.6 is 0 Å². The number of amides is 1. The Labute approximate surface area is 219 Å².